The van der Waals surface area contributed by atoms with Gasteiger partial charge in [-0.1, -0.05) is 25.1 Å². The molecule has 0 unspecified atom stereocenters. The minimum atomic E-state index is 0.408. The van der Waals surface area contributed by atoms with E-state index in [0.29, 0.717) is 16.9 Å². The van der Waals surface area contributed by atoms with Gasteiger partial charge in [-0.3, -0.25) is 4.90 Å². The predicted octanol–water partition coefficient (Wildman–Crippen LogP) is 3.78. The zero-order valence-corrected chi connectivity index (χ0v) is 13.1. The van der Waals surface area contributed by atoms with Crippen LogP contribution in [0.4, 0.5) is 5.69 Å². The van der Waals surface area contributed by atoms with Crippen LogP contribution in [-0.4, -0.2) is 30.1 Å². The van der Waals surface area contributed by atoms with Crippen LogP contribution in [0, 0.1) is 5.41 Å². The topological polar surface area (TPSA) is 15.3 Å². The molecule has 0 bridgehead atoms. The van der Waals surface area contributed by atoms with Crippen molar-refractivity contribution in [3.05, 3.63) is 29.8 Å². The molecule has 0 aromatic heterocycles. The number of fused-ring (bicyclic) bond motifs is 1. The highest BCUT2D eigenvalue weighted by Crippen LogP contribution is 2.63. The first-order valence-electron chi connectivity index (χ1n) is 8.90. The molecule has 5 rings (SSSR count). The molecule has 1 aromatic carbocycles. The smallest absolute Gasteiger partial charge is 0.0382 e. The monoisotopic (exact) mass is 282 g/mol. The van der Waals surface area contributed by atoms with E-state index in [1.54, 1.807) is 5.56 Å². The number of rotatable bonds is 1. The highest BCUT2D eigenvalue weighted by Gasteiger charge is 2.65. The molecule has 1 N–H and O–H groups in total. The molecule has 1 aliphatic carbocycles. The minimum Gasteiger partial charge on any atom is -0.381 e. The zero-order chi connectivity index (χ0) is 14.1. The molecule has 2 saturated heterocycles. The van der Waals surface area contributed by atoms with E-state index in [2.05, 4.69) is 41.4 Å². The van der Waals surface area contributed by atoms with Gasteiger partial charge in [-0.05, 0) is 68.7 Å². The van der Waals surface area contributed by atoms with Crippen molar-refractivity contribution in [1.29, 1.82) is 0 Å². The zero-order valence-electron chi connectivity index (χ0n) is 13.1. The molecule has 1 spiro atoms. The average molecular weight is 282 g/mol. The van der Waals surface area contributed by atoms with Crippen LogP contribution in [0.3, 0.4) is 0 Å². The molecule has 4 atom stereocenters. The van der Waals surface area contributed by atoms with Gasteiger partial charge in [0.2, 0.25) is 0 Å². The van der Waals surface area contributed by atoms with Gasteiger partial charge >= 0.3 is 0 Å². The highest BCUT2D eigenvalue weighted by atomic mass is 15.2. The van der Waals surface area contributed by atoms with E-state index in [1.807, 2.05) is 0 Å². The van der Waals surface area contributed by atoms with Crippen molar-refractivity contribution in [1.82, 2.24) is 4.90 Å². The molecule has 3 fully saturated rings. The fourth-order valence-electron chi connectivity index (χ4n) is 6.60. The Balaban J connectivity index is 1.72. The van der Waals surface area contributed by atoms with Crippen molar-refractivity contribution in [2.45, 2.75) is 62.9 Å². The van der Waals surface area contributed by atoms with Crippen LogP contribution >= 0.6 is 0 Å². The second-order valence-electron chi connectivity index (χ2n) is 7.83. The molecule has 4 aliphatic rings. The Morgan fingerprint density at radius 3 is 3.00 bits per heavy atom. The molecule has 2 heteroatoms. The lowest BCUT2D eigenvalue weighted by Crippen LogP contribution is -2.63. The highest BCUT2D eigenvalue weighted by molar-refractivity contribution is 5.64. The molecule has 1 saturated carbocycles. The largest absolute Gasteiger partial charge is 0.381 e. The lowest BCUT2D eigenvalue weighted by atomic mass is 9.52. The van der Waals surface area contributed by atoms with E-state index in [9.17, 15) is 0 Å². The lowest BCUT2D eigenvalue weighted by molar-refractivity contribution is -0.0309. The summed E-state index contributed by atoms with van der Waals surface area (Å²) in [5, 5.41) is 3.90. The van der Waals surface area contributed by atoms with Gasteiger partial charge in [0, 0.05) is 23.2 Å². The van der Waals surface area contributed by atoms with Crippen molar-refractivity contribution in [3.63, 3.8) is 0 Å². The molecule has 21 heavy (non-hydrogen) atoms. The number of hydrogen-bond acceptors (Lipinski definition) is 2. The number of hydrogen-bond donors (Lipinski definition) is 1. The van der Waals surface area contributed by atoms with E-state index in [4.69, 9.17) is 0 Å². The predicted molar refractivity (Wildman–Crippen MR) is 86.7 cm³/mol. The van der Waals surface area contributed by atoms with Crippen LogP contribution in [0.25, 0.3) is 0 Å². The van der Waals surface area contributed by atoms with E-state index < -0.39 is 0 Å². The van der Waals surface area contributed by atoms with Crippen LogP contribution in [0.2, 0.25) is 0 Å². The number of benzene rings is 1. The second kappa shape index (κ2) is 4.04. The number of anilines is 1. The minimum absolute atomic E-state index is 0.408. The Bertz CT molecular complexity index is 583. The number of piperidine rings is 1. The van der Waals surface area contributed by atoms with Crippen molar-refractivity contribution in [2.24, 2.45) is 5.41 Å². The summed E-state index contributed by atoms with van der Waals surface area (Å²) in [5.41, 5.74) is 4.07. The fourth-order valence-corrected chi connectivity index (χ4v) is 6.60. The standard InChI is InChI=1S/C19H26N2/c1-2-18-9-5-12-21-13-11-19(17(18)21)14-6-3-4-7-15(14)20-16(19)8-10-18/h3-4,6-7,16-17,20H,2,5,8-13H2,1H3/t16-,17+,18-,19-/m1/s1. The average Bonchev–Trinajstić information content (AvgIpc) is 3.08. The maximum Gasteiger partial charge on any atom is 0.0382 e. The van der Waals surface area contributed by atoms with Crippen LogP contribution in [0.1, 0.15) is 51.0 Å². The maximum atomic E-state index is 3.90. The third-order valence-corrected chi connectivity index (χ3v) is 7.38. The molecule has 0 amide bonds. The van der Waals surface area contributed by atoms with E-state index in [-0.39, 0.29) is 0 Å². The van der Waals surface area contributed by atoms with Gasteiger partial charge < -0.3 is 5.32 Å². The van der Waals surface area contributed by atoms with Crippen molar-refractivity contribution in [2.75, 3.05) is 18.4 Å². The molecule has 0 radical (unpaired) electrons. The van der Waals surface area contributed by atoms with Crippen LogP contribution in [-0.2, 0) is 5.41 Å². The van der Waals surface area contributed by atoms with E-state index in [0.717, 1.165) is 6.04 Å². The Morgan fingerprint density at radius 2 is 2.10 bits per heavy atom. The summed E-state index contributed by atoms with van der Waals surface area (Å²) in [6, 6.07) is 10.7. The van der Waals surface area contributed by atoms with Gasteiger partial charge in [0.15, 0.2) is 0 Å². The quantitative estimate of drug-likeness (QED) is 0.843. The van der Waals surface area contributed by atoms with Gasteiger partial charge in [0.05, 0.1) is 0 Å². The van der Waals surface area contributed by atoms with Crippen molar-refractivity contribution >= 4 is 5.69 Å². The molecular weight excluding hydrogens is 256 g/mol. The SMILES string of the molecule is CC[C@@]12CCCN3CC[C@]4(c5ccccc5N[C@@H]4CC1)[C@@H]32. The Kier molecular flexibility index (Phi) is 2.41. The molecule has 112 valence electrons. The first-order valence-corrected chi connectivity index (χ1v) is 8.90. The Labute approximate surface area is 127 Å². The Morgan fingerprint density at radius 1 is 1.19 bits per heavy atom. The van der Waals surface area contributed by atoms with Crippen molar-refractivity contribution in [3.8, 4) is 0 Å². The summed E-state index contributed by atoms with van der Waals surface area (Å²) in [6.07, 6.45) is 8.41. The van der Waals surface area contributed by atoms with Gasteiger partial charge in [-0.15, -0.1) is 0 Å². The summed E-state index contributed by atoms with van der Waals surface area (Å²) in [5.74, 6) is 0. The third kappa shape index (κ3) is 1.34. The van der Waals surface area contributed by atoms with E-state index >= 15 is 0 Å². The van der Waals surface area contributed by atoms with Crippen LogP contribution in [0.5, 0.6) is 0 Å². The molecule has 3 aliphatic heterocycles. The normalized spacial score (nSPS) is 43.9. The van der Waals surface area contributed by atoms with Crippen LogP contribution < -0.4 is 5.32 Å². The lowest BCUT2D eigenvalue weighted by Gasteiger charge is -2.58. The van der Waals surface area contributed by atoms with Gasteiger partial charge in [0.25, 0.3) is 0 Å². The summed E-state index contributed by atoms with van der Waals surface area (Å²) < 4.78 is 0. The molecule has 1 aromatic rings. The van der Waals surface area contributed by atoms with Crippen molar-refractivity contribution < 1.29 is 0 Å². The van der Waals surface area contributed by atoms with E-state index in [1.165, 1.54) is 57.3 Å². The summed E-state index contributed by atoms with van der Waals surface area (Å²) in [4.78, 5) is 2.86. The molecule has 2 nitrogen and oxygen atoms in total. The van der Waals surface area contributed by atoms with Gasteiger partial charge in [0.1, 0.15) is 0 Å². The number of para-hydroxylation sites is 1. The number of nitrogens with one attached hydrogen (secondary N) is 1. The molecular formula is C19H26N2. The Hall–Kier alpha value is -1.02. The summed E-state index contributed by atoms with van der Waals surface area (Å²) in [6.45, 7) is 5.10. The second-order valence-corrected chi connectivity index (χ2v) is 7.83. The summed E-state index contributed by atoms with van der Waals surface area (Å²) in [7, 11) is 0. The maximum absolute atomic E-state index is 3.90. The summed E-state index contributed by atoms with van der Waals surface area (Å²) >= 11 is 0. The first kappa shape index (κ1) is 12.5. The fraction of sp³-hybridized carbons (Fsp3) is 0.684. The van der Waals surface area contributed by atoms with Gasteiger partial charge in [-0.25, -0.2) is 0 Å². The van der Waals surface area contributed by atoms with Crippen LogP contribution in [0.15, 0.2) is 24.3 Å². The molecule has 3 heterocycles. The number of nitrogens with zero attached hydrogens (tertiary/aromatic N) is 1. The first-order chi connectivity index (χ1) is 10.3. The third-order valence-electron chi connectivity index (χ3n) is 7.38. The van der Waals surface area contributed by atoms with Gasteiger partial charge in [-0.2, -0.15) is 0 Å².